The van der Waals surface area contributed by atoms with Crippen molar-refractivity contribution in [2.24, 2.45) is 4.99 Å². The molecule has 2 aliphatic heterocycles. The van der Waals surface area contributed by atoms with Crippen LogP contribution in [-0.4, -0.2) is 11.0 Å². The van der Waals surface area contributed by atoms with Gasteiger partial charge in [0.1, 0.15) is 0 Å². The summed E-state index contributed by atoms with van der Waals surface area (Å²) in [6.45, 7) is 3.49. The molecular weight excluding hydrogens is 340 g/mol. The van der Waals surface area contributed by atoms with Crippen LogP contribution in [0.3, 0.4) is 0 Å². The van der Waals surface area contributed by atoms with E-state index >= 15 is 0 Å². The predicted molar refractivity (Wildman–Crippen MR) is 99.8 cm³/mol. The molecule has 2 aliphatic rings. The second-order valence-electron chi connectivity index (χ2n) is 5.81. The first-order valence-electron chi connectivity index (χ1n) is 7.69. The van der Waals surface area contributed by atoms with Crippen molar-refractivity contribution in [2.75, 3.05) is 4.90 Å². The first-order valence-corrected chi connectivity index (χ1v) is 8.88. The number of allylic oxidation sites excluding steroid dienone is 1. The van der Waals surface area contributed by atoms with Gasteiger partial charge in [-0.25, -0.2) is 4.99 Å². The number of amidine groups is 1. The predicted octanol–water partition coefficient (Wildman–Crippen LogP) is 5.23. The van der Waals surface area contributed by atoms with Gasteiger partial charge in [-0.15, -0.1) is 0 Å². The maximum atomic E-state index is 12.4. The molecule has 1 unspecified atom stereocenters. The molecule has 3 nitrogen and oxygen atoms in total. The fourth-order valence-corrected chi connectivity index (χ4v) is 4.63. The first kappa shape index (κ1) is 15.5. The average molecular weight is 355 g/mol. The van der Waals surface area contributed by atoms with Crippen LogP contribution in [-0.2, 0) is 4.79 Å². The average Bonchev–Trinajstić information content (AvgIpc) is 2.91. The lowest BCUT2D eigenvalue weighted by molar-refractivity contribution is -0.113. The van der Waals surface area contributed by atoms with E-state index in [1.54, 1.807) is 18.7 Å². The Kier molecular flexibility index (Phi) is 3.74. The molecule has 24 heavy (non-hydrogen) atoms. The number of nitrogens with zero attached hydrogens (tertiary/aromatic N) is 2. The Bertz CT molecular complexity index is 919. The first-order chi connectivity index (χ1) is 11.6. The summed E-state index contributed by atoms with van der Waals surface area (Å²) in [5.41, 5.74) is 3.45. The molecule has 0 aromatic heterocycles. The fraction of sp³-hybridized carbons (Fsp3) is 0.158. The molecule has 5 heteroatoms. The summed E-state index contributed by atoms with van der Waals surface area (Å²) in [6, 6.07) is 15.6. The number of thioether (sulfide) groups is 1. The van der Waals surface area contributed by atoms with Gasteiger partial charge in [0.15, 0.2) is 11.0 Å². The van der Waals surface area contributed by atoms with Gasteiger partial charge >= 0.3 is 0 Å². The molecule has 0 spiro atoms. The molecule has 2 heterocycles. The standard InChI is InChI=1S/C19H15ClN2OS/c1-11-17(12(2)23)18(13-7-3-4-8-14(13)20)22-15-9-5-6-10-16(15)24-19(22)21-11/h3-10,18H,1-2H3. The highest BCUT2D eigenvalue weighted by molar-refractivity contribution is 8.14. The molecule has 0 saturated heterocycles. The van der Waals surface area contributed by atoms with E-state index in [1.807, 2.05) is 43.3 Å². The van der Waals surface area contributed by atoms with Gasteiger partial charge in [0.25, 0.3) is 0 Å². The molecular formula is C19H15ClN2OS. The summed E-state index contributed by atoms with van der Waals surface area (Å²) in [6.07, 6.45) is 0. The van der Waals surface area contributed by atoms with Crippen molar-refractivity contribution in [2.45, 2.75) is 24.8 Å². The van der Waals surface area contributed by atoms with E-state index in [4.69, 9.17) is 11.6 Å². The Morgan fingerprint density at radius 3 is 2.62 bits per heavy atom. The minimum Gasteiger partial charge on any atom is -0.308 e. The number of fused-ring (bicyclic) bond motifs is 3. The highest BCUT2D eigenvalue weighted by atomic mass is 35.5. The van der Waals surface area contributed by atoms with E-state index in [1.165, 1.54) is 0 Å². The number of benzene rings is 2. The van der Waals surface area contributed by atoms with Crippen molar-refractivity contribution in [1.82, 2.24) is 0 Å². The molecule has 4 rings (SSSR count). The van der Waals surface area contributed by atoms with Crippen molar-refractivity contribution in [3.63, 3.8) is 0 Å². The quantitative estimate of drug-likeness (QED) is 0.740. The van der Waals surface area contributed by atoms with Crippen LogP contribution in [0.4, 0.5) is 5.69 Å². The minimum absolute atomic E-state index is 0.0228. The normalized spacial score (nSPS) is 19.0. The Morgan fingerprint density at radius 2 is 1.88 bits per heavy atom. The van der Waals surface area contributed by atoms with Crippen LogP contribution in [0.5, 0.6) is 0 Å². The summed E-state index contributed by atoms with van der Waals surface area (Å²) < 4.78 is 0. The maximum Gasteiger partial charge on any atom is 0.174 e. The lowest BCUT2D eigenvalue weighted by Gasteiger charge is -2.35. The zero-order chi connectivity index (χ0) is 16.8. The molecule has 0 radical (unpaired) electrons. The SMILES string of the molecule is CC(=O)C1=C(C)N=C2Sc3ccccc3N2C1c1ccccc1Cl. The number of Topliss-reactive ketones (excluding diaryl/α,β-unsaturated/α-hetero) is 1. The van der Waals surface area contributed by atoms with Gasteiger partial charge in [-0.05, 0) is 49.4 Å². The number of halogens is 1. The van der Waals surface area contributed by atoms with Crippen LogP contribution in [0, 0.1) is 0 Å². The Balaban J connectivity index is 1.98. The van der Waals surface area contributed by atoms with Gasteiger partial charge in [-0.3, -0.25) is 4.79 Å². The van der Waals surface area contributed by atoms with Crippen LogP contribution in [0.2, 0.25) is 5.02 Å². The van der Waals surface area contributed by atoms with E-state index < -0.39 is 0 Å². The summed E-state index contributed by atoms with van der Waals surface area (Å²) in [5.74, 6) is 0.0228. The number of ketones is 1. The van der Waals surface area contributed by atoms with Gasteiger partial charge in [0.05, 0.1) is 11.7 Å². The number of carbonyl (C=O) groups is 1. The van der Waals surface area contributed by atoms with Crippen LogP contribution in [0.15, 0.2) is 69.7 Å². The fourth-order valence-electron chi connectivity index (χ4n) is 3.29. The van der Waals surface area contributed by atoms with Crippen LogP contribution in [0.1, 0.15) is 25.5 Å². The Labute approximate surface area is 150 Å². The van der Waals surface area contributed by atoms with E-state index in [2.05, 4.69) is 22.0 Å². The zero-order valence-corrected chi connectivity index (χ0v) is 14.9. The Hall–Kier alpha value is -2.04. The lowest BCUT2D eigenvalue weighted by Crippen LogP contribution is -2.36. The largest absolute Gasteiger partial charge is 0.308 e. The van der Waals surface area contributed by atoms with Crippen molar-refractivity contribution in [1.29, 1.82) is 0 Å². The van der Waals surface area contributed by atoms with Crippen molar-refractivity contribution in [3.05, 3.63) is 70.4 Å². The zero-order valence-electron chi connectivity index (χ0n) is 13.3. The summed E-state index contributed by atoms with van der Waals surface area (Å²) in [4.78, 5) is 20.4. The molecule has 120 valence electrons. The molecule has 2 aromatic carbocycles. The monoisotopic (exact) mass is 354 g/mol. The van der Waals surface area contributed by atoms with Gasteiger partial charge in [-0.2, -0.15) is 0 Å². The smallest absolute Gasteiger partial charge is 0.174 e. The highest BCUT2D eigenvalue weighted by Gasteiger charge is 2.40. The summed E-state index contributed by atoms with van der Waals surface area (Å²) in [7, 11) is 0. The number of aliphatic imine (C=N–C) groups is 1. The third-order valence-corrected chi connectivity index (χ3v) is 5.68. The molecule has 0 N–H and O–H groups in total. The number of hydrogen-bond donors (Lipinski definition) is 0. The van der Waals surface area contributed by atoms with Gasteiger partial charge < -0.3 is 4.90 Å². The number of carbonyl (C=O) groups excluding carboxylic acids is 1. The lowest BCUT2D eigenvalue weighted by atomic mass is 9.91. The summed E-state index contributed by atoms with van der Waals surface area (Å²) >= 11 is 8.11. The topological polar surface area (TPSA) is 32.7 Å². The van der Waals surface area contributed by atoms with Crippen molar-refractivity contribution >= 4 is 40.0 Å². The number of anilines is 1. The molecule has 0 amide bonds. The van der Waals surface area contributed by atoms with E-state index in [0.717, 1.165) is 27.0 Å². The minimum atomic E-state index is -0.250. The third-order valence-electron chi connectivity index (χ3n) is 4.30. The second-order valence-corrected chi connectivity index (χ2v) is 7.23. The summed E-state index contributed by atoms with van der Waals surface area (Å²) in [5, 5.41) is 1.55. The molecule has 1 atom stereocenters. The molecule has 0 aliphatic carbocycles. The van der Waals surface area contributed by atoms with Gasteiger partial charge in [-0.1, -0.05) is 41.9 Å². The van der Waals surface area contributed by atoms with Crippen molar-refractivity contribution < 1.29 is 4.79 Å². The Morgan fingerprint density at radius 1 is 1.17 bits per heavy atom. The third kappa shape index (κ3) is 2.29. The second kappa shape index (κ2) is 5.80. The molecule has 0 fully saturated rings. The molecule has 0 bridgehead atoms. The van der Waals surface area contributed by atoms with E-state index in [-0.39, 0.29) is 11.8 Å². The van der Waals surface area contributed by atoms with Gasteiger partial charge in [0.2, 0.25) is 0 Å². The van der Waals surface area contributed by atoms with E-state index in [0.29, 0.717) is 10.6 Å². The van der Waals surface area contributed by atoms with Crippen LogP contribution in [0.25, 0.3) is 0 Å². The number of rotatable bonds is 2. The van der Waals surface area contributed by atoms with Crippen LogP contribution < -0.4 is 4.90 Å². The number of para-hydroxylation sites is 1. The maximum absolute atomic E-state index is 12.4. The van der Waals surface area contributed by atoms with Crippen LogP contribution >= 0.6 is 23.4 Å². The van der Waals surface area contributed by atoms with Gasteiger partial charge in [0, 0.05) is 21.2 Å². The molecule has 0 saturated carbocycles. The van der Waals surface area contributed by atoms with E-state index in [9.17, 15) is 4.79 Å². The molecule has 2 aromatic rings. The number of hydrogen-bond acceptors (Lipinski definition) is 4. The highest BCUT2D eigenvalue weighted by Crippen LogP contribution is 2.50. The van der Waals surface area contributed by atoms with Crippen molar-refractivity contribution in [3.8, 4) is 0 Å².